The average Bonchev–Trinajstić information content (AvgIpc) is 2.44. The van der Waals surface area contributed by atoms with Gasteiger partial charge in [-0.2, -0.15) is 11.8 Å². The third kappa shape index (κ3) is 5.34. The number of rotatable bonds is 6. The predicted octanol–water partition coefficient (Wildman–Crippen LogP) is 0.330. The maximum atomic E-state index is 12.2. The number of nitrogens with zero attached hydrogens (tertiary/aromatic N) is 2. The zero-order valence-corrected chi connectivity index (χ0v) is 14.3. The summed E-state index contributed by atoms with van der Waals surface area (Å²) in [5.74, 6) is 3.38. The van der Waals surface area contributed by atoms with Crippen LogP contribution in [-0.2, 0) is 10.0 Å². The molecule has 1 aliphatic heterocycles. The molecule has 0 unspecified atom stereocenters. The van der Waals surface area contributed by atoms with Crippen molar-refractivity contribution < 1.29 is 8.42 Å². The Hall–Kier alpha value is -0.470. The molecule has 2 aliphatic rings. The van der Waals surface area contributed by atoms with Crippen LogP contribution in [0.5, 0.6) is 0 Å². The van der Waals surface area contributed by atoms with Crippen LogP contribution in [0.25, 0.3) is 0 Å². The fraction of sp³-hybridized carbons (Fsp3) is 0.923. The Bertz CT molecular complexity index is 443. The van der Waals surface area contributed by atoms with Gasteiger partial charge >= 0.3 is 0 Å². The summed E-state index contributed by atoms with van der Waals surface area (Å²) in [7, 11) is -1.42. The first-order valence-corrected chi connectivity index (χ1v) is 10.4. The first-order chi connectivity index (χ1) is 10.1. The molecule has 1 saturated heterocycles. The number of nitrogens with one attached hydrogen (secondary N) is 2. The van der Waals surface area contributed by atoms with E-state index in [-0.39, 0.29) is 5.75 Å². The Morgan fingerprint density at radius 2 is 2.00 bits per heavy atom. The molecule has 0 aromatic heterocycles. The van der Waals surface area contributed by atoms with E-state index in [2.05, 4.69) is 15.6 Å². The Morgan fingerprint density at radius 1 is 1.29 bits per heavy atom. The predicted molar refractivity (Wildman–Crippen MR) is 89.4 cm³/mol. The number of hydrogen-bond donors (Lipinski definition) is 2. The standard InChI is InChI=1S/C13H26N4O2S2/c1-14-13(16-11-12-3-2-4-12)15-5-10-21(18,19)17-6-8-20-9-7-17/h12H,2-11H2,1H3,(H2,14,15,16). The summed E-state index contributed by atoms with van der Waals surface area (Å²) in [6.07, 6.45) is 3.89. The molecule has 0 aromatic carbocycles. The Labute approximate surface area is 132 Å². The summed E-state index contributed by atoms with van der Waals surface area (Å²) in [6, 6.07) is 0. The lowest BCUT2D eigenvalue weighted by Crippen LogP contribution is -2.45. The molecule has 0 radical (unpaired) electrons. The minimum Gasteiger partial charge on any atom is -0.356 e. The van der Waals surface area contributed by atoms with Crippen LogP contribution >= 0.6 is 11.8 Å². The highest BCUT2D eigenvalue weighted by Crippen LogP contribution is 2.24. The Balaban J connectivity index is 1.68. The number of sulfonamides is 1. The van der Waals surface area contributed by atoms with Crippen molar-refractivity contribution in [3.63, 3.8) is 0 Å². The number of guanidine groups is 1. The number of thioether (sulfide) groups is 1. The lowest BCUT2D eigenvalue weighted by Gasteiger charge is -2.27. The lowest BCUT2D eigenvalue weighted by atomic mass is 9.85. The van der Waals surface area contributed by atoms with Crippen molar-refractivity contribution in [1.82, 2.24) is 14.9 Å². The smallest absolute Gasteiger partial charge is 0.215 e. The molecule has 21 heavy (non-hydrogen) atoms. The quantitative estimate of drug-likeness (QED) is 0.541. The summed E-state index contributed by atoms with van der Waals surface area (Å²) in [5.41, 5.74) is 0. The van der Waals surface area contributed by atoms with Gasteiger partial charge in [0, 0.05) is 44.7 Å². The number of aliphatic imine (C=N–C) groups is 1. The lowest BCUT2D eigenvalue weighted by molar-refractivity contribution is 0.314. The molecule has 1 saturated carbocycles. The highest BCUT2D eigenvalue weighted by Gasteiger charge is 2.23. The zero-order chi connectivity index (χ0) is 15.1. The highest BCUT2D eigenvalue weighted by molar-refractivity contribution is 7.99. The molecular weight excluding hydrogens is 308 g/mol. The molecule has 0 atom stereocenters. The molecule has 0 spiro atoms. The zero-order valence-electron chi connectivity index (χ0n) is 12.7. The fourth-order valence-electron chi connectivity index (χ4n) is 2.41. The molecule has 122 valence electrons. The van der Waals surface area contributed by atoms with E-state index in [4.69, 9.17) is 0 Å². The summed E-state index contributed by atoms with van der Waals surface area (Å²) < 4.78 is 26.0. The Morgan fingerprint density at radius 3 is 2.57 bits per heavy atom. The highest BCUT2D eigenvalue weighted by atomic mass is 32.2. The van der Waals surface area contributed by atoms with Gasteiger partial charge in [-0.1, -0.05) is 6.42 Å². The van der Waals surface area contributed by atoms with Crippen LogP contribution in [0.15, 0.2) is 4.99 Å². The number of hydrogen-bond acceptors (Lipinski definition) is 4. The molecule has 2 N–H and O–H groups in total. The van der Waals surface area contributed by atoms with Crippen LogP contribution in [0, 0.1) is 5.92 Å². The van der Waals surface area contributed by atoms with E-state index in [1.807, 2.05) is 11.8 Å². The van der Waals surface area contributed by atoms with E-state index in [0.717, 1.165) is 24.0 Å². The summed E-state index contributed by atoms with van der Waals surface area (Å²) in [5, 5.41) is 6.36. The van der Waals surface area contributed by atoms with Crippen molar-refractivity contribution in [2.24, 2.45) is 10.9 Å². The maximum Gasteiger partial charge on any atom is 0.215 e. The minimum absolute atomic E-state index is 0.127. The topological polar surface area (TPSA) is 73.8 Å². The van der Waals surface area contributed by atoms with Gasteiger partial charge in [0.05, 0.1) is 5.75 Å². The van der Waals surface area contributed by atoms with Crippen LogP contribution in [0.1, 0.15) is 19.3 Å². The average molecular weight is 335 g/mol. The Kier molecular flexibility index (Phi) is 6.63. The molecule has 2 rings (SSSR count). The molecular formula is C13H26N4O2S2. The maximum absolute atomic E-state index is 12.2. The second-order valence-corrected chi connectivity index (χ2v) is 8.82. The van der Waals surface area contributed by atoms with Crippen molar-refractivity contribution in [2.45, 2.75) is 19.3 Å². The van der Waals surface area contributed by atoms with E-state index >= 15 is 0 Å². The van der Waals surface area contributed by atoms with Gasteiger partial charge < -0.3 is 10.6 Å². The molecule has 0 bridgehead atoms. The van der Waals surface area contributed by atoms with Gasteiger partial charge in [0.2, 0.25) is 10.0 Å². The van der Waals surface area contributed by atoms with Crippen LogP contribution in [0.2, 0.25) is 0 Å². The van der Waals surface area contributed by atoms with Crippen molar-refractivity contribution in [3.05, 3.63) is 0 Å². The molecule has 8 heteroatoms. The molecule has 0 aromatic rings. The van der Waals surface area contributed by atoms with E-state index in [0.29, 0.717) is 25.6 Å². The minimum atomic E-state index is -3.14. The summed E-state index contributed by atoms with van der Waals surface area (Å²) in [4.78, 5) is 4.13. The van der Waals surface area contributed by atoms with Crippen molar-refractivity contribution in [1.29, 1.82) is 0 Å². The van der Waals surface area contributed by atoms with Crippen LogP contribution in [0.3, 0.4) is 0 Å². The second kappa shape index (κ2) is 8.24. The SMILES string of the molecule is CN=C(NCCS(=O)(=O)N1CCSCC1)NCC1CCC1. The monoisotopic (exact) mass is 334 g/mol. The van der Waals surface area contributed by atoms with E-state index in [9.17, 15) is 8.42 Å². The molecule has 2 fully saturated rings. The van der Waals surface area contributed by atoms with E-state index in [1.54, 1.807) is 11.4 Å². The van der Waals surface area contributed by atoms with Crippen LogP contribution in [-0.4, -0.2) is 69.2 Å². The van der Waals surface area contributed by atoms with Crippen molar-refractivity contribution in [3.8, 4) is 0 Å². The van der Waals surface area contributed by atoms with Crippen molar-refractivity contribution in [2.75, 3.05) is 50.5 Å². The first kappa shape index (κ1) is 16.9. The van der Waals surface area contributed by atoms with Gasteiger partial charge in [0.25, 0.3) is 0 Å². The van der Waals surface area contributed by atoms with Gasteiger partial charge in [-0.05, 0) is 18.8 Å². The summed E-state index contributed by atoms with van der Waals surface area (Å²) >= 11 is 1.81. The van der Waals surface area contributed by atoms with Gasteiger partial charge in [0.1, 0.15) is 0 Å². The first-order valence-electron chi connectivity index (χ1n) is 7.62. The largest absolute Gasteiger partial charge is 0.356 e. The molecule has 0 amide bonds. The fourth-order valence-corrected chi connectivity index (χ4v) is 4.90. The normalized spacial score (nSPS) is 21.9. The van der Waals surface area contributed by atoms with Gasteiger partial charge in [-0.15, -0.1) is 0 Å². The second-order valence-electron chi connectivity index (χ2n) is 5.50. The molecule has 6 nitrogen and oxygen atoms in total. The molecule has 1 aliphatic carbocycles. The van der Waals surface area contributed by atoms with Gasteiger partial charge in [-0.25, -0.2) is 12.7 Å². The van der Waals surface area contributed by atoms with Gasteiger partial charge in [-0.3, -0.25) is 4.99 Å². The molecule has 1 heterocycles. The van der Waals surface area contributed by atoms with E-state index in [1.165, 1.54) is 19.3 Å². The van der Waals surface area contributed by atoms with Crippen LogP contribution < -0.4 is 10.6 Å². The van der Waals surface area contributed by atoms with Gasteiger partial charge in [0.15, 0.2) is 5.96 Å². The third-order valence-electron chi connectivity index (χ3n) is 4.02. The van der Waals surface area contributed by atoms with Crippen molar-refractivity contribution >= 4 is 27.7 Å². The van der Waals surface area contributed by atoms with E-state index < -0.39 is 10.0 Å². The van der Waals surface area contributed by atoms with Crippen LogP contribution in [0.4, 0.5) is 0 Å². The third-order valence-corrected chi connectivity index (χ3v) is 6.84. The summed E-state index contributed by atoms with van der Waals surface area (Å²) in [6.45, 7) is 2.61.